The maximum Gasteiger partial charge on any atom is 0.323 e. The van der Waals surface area contributed by atoms with Gasteiger partial charge in [0, 0.05) is 18.6 Å². The van der Waals surface area contributed by atoms with Crippen LogP contribution in [0.15, 0.2) is 12.7 Å². The van der Waals surface area contributed by atoms with Crippen LogP contribution in [-0.2, 0) is 4.79 Å². The number of fused-ring (bicyclic) bond motifs is 2. The predicted octanol–water partition coefficient (Wildman–Crippen LogP) is 0.667. The van der Waals surface area contributed by atoms with E-state index >= 15 is 0 Å². The number of urea groups is 1. The second kappa shape index (κ2) is 5.61. The molecule has 0 spiro atoms. The lowest BCUT2D eigenvalue weighted by atomic mass is 10.0. The first-order valence-electron chi connectivity index (χ1n) is 6.61. The lowest BCUT2D eigenvalue weighted by Crippen LogP contribution is -2.54. The Hall–Kier alpha value is -1.56. The molecule has 2 amide bonds. The molecule has 2 heterocycles. The van der Waals surface area contributed by atoms with Crippen molar-refractivity contribution in [2.45, 2.75) is 43.9 Å². The Labute approximate surface area is 112 Å². The van der Waals surface area contributed by atoms with Crippen molar-refractivity contribution in [3.8, 4) is 0 Å². The zero-order chi connectivity index (χ0) is 14.0. The van der Waals surface area contributed by atoms with Gasteiger partial charge in [-0.15, -0.1) is 6.58 Å². The fourth-order valence-corrected chi connectivity index (χ4v) is 3.15. The number of carboxylic acids is 1. The predicted molar refractivity (Wildman–Crippen MR) is 68.7 cm³/mol. The number of carbonyl (C=O) groups is 2. The molecule has 0 aromatic heterocycles. The maximum atomic E-state index is 12.5. The van der Waals surface area contributed by atoms with Gasteiger partial charge in [-0.25, -0.2) is 4.79 Å². The van der Waals surface area contributed by atoms with Crippen LogP contribution in [0, 0.1) is 0 Å². The topological polar surface area (TPSA) is 81.1 Å². The van der Waals surface area contributed by atoms with Crippen LogP contribution in [0.2, 0.25) is 0 Å². The van der Waals surface area contributed by atoms with Crippen LogP contribution in [0.1, 0.15) is 25.7 Å². The number of hydrogen-bond donors (Lipinski definition) is 2. The van der Waals surface area contributed by atoms with Gasteiger partial charge in [0.1, 0.15) is 6.54 Å². The van der Waals surface area contributed by atoms with E-state index in [0.29, 0.717) is 12.8 Å². The molecule has 2 saturated heterocycles. The van der Waals surface area contributed by atoms with Gasteiger partial charge in [-0.1, -0.05) is 6.08 Å². The van der Waals surface area contributed by atoms with Crippen LogP contribution in [0.5, 0.6) is 0 Å². The van der Waals surface area contributed by atoms with E-state index in [0.717, 1.165) is 12.8 Å². The third-order valence-corrected chi connectivity index (χ3v) is 3.88. The zero-order valence-corrected chi connectivity index (χ0v) is 10.9. The Kier molecular flexibility index (Phi) is 4.09. The van der Waals surface area contributed by atoms with Gasteiger partial charge in [0.15, 0.2) is 0 Å². The van der Waals surface area contributed by atoms with E-state index in [1.807, 2.05) is 0 Å². The molecule has 2 fully saturated rings. The van der Waals surface area contributed by atoms with Gasteiger partial charge < -0.3 is 20.0 Å². The number of aliphatic hydroxyl groups is 1. The Morgan fingerprint density at radius 3 is 2.37 bits per heavy atom. The monoisotopic (exact) mass is 268 g/mol. The molecule has 2 atom stereocenters. The number of piperidine rings is 1. The second-order valence-electron chi connectivity index (χ2n) is 5.26. The summed E-state index contributed by atoms with van der Waals surface area (Å²) in [5.41, 5.74) is 0. The SMILES string of the molecule is C=CCN(CC(=O)O)C(=O)N1C2CCC1CC(O)C2. The first-order valence-corrected chi connectivity index (χ1v) is 6.61. The van der Waals surface area contributed by atoms with Gasteiger partial charge in [-0.2, -0.15) is 0 Å². The van der Waals surface area contributed by atoms with Crippen LogP contribution in [0.25, 0.3) is 0 Å². The van der Waals surface area contributed by atoms with Crippen molar-refractivity contribution in [2.75, 3.05) is 13.1 Å². The molecule has 6 heteroatoms. The Bertz CT molecular complexity index is 371. The van der Waals surface area contributed by atoms with Gasteiger partial charge in [-0.3, -0.25) is 4.79 Å². The van der Waals surface area contributed by atoms with Crippen LogP contribution < -0.4 is 0 Å². The standard InChI is InChI=1S/C13H20N2O4/c1-2-5-14(8-12(17)18)13(19)15-9-3-4-10(15)7-11(16)6-9/h2,9-11,16H,1,3-8H2,(H,17,18). The number of aliphatic hydroxyl groups excluding tert-OH is 1. The van der Waals surface area contributed by atoms with Gasteiger partial charge >= 0.3 is 12.0 Å². The molecule has 0 aromatic carbocycles. The quantitative estimate of drug-likeness (QED) is 0.734. The molecule has 2 aliphatic heterocycles. The molecule has 106 valence electrons. The van der Waals surface area contributed by atoms with E-state index in [1.54, 1.807) is 4.90 Å². The van der Waals surface area contributed by atoms with Gasteiger partial charge in [0.25, 0.3) is 0 Å². The fourth-order valence-electron chi connectivity index (χ4n) is 3.15. The van der Waals surface area contributed by atoms with Crippen LogP contribution in [0.3, 0.4) is 0 Å². The van der Waals surface area contributed by atoms with Crippen LogP contribution >= 0.6 is 0 Å². The molecule has 2 N–H and O–H groups in total. The van der Waals surface area contributed by atoms with E-state index in [2.05, 4.69) is 6.58 Å². The normalized spacial score (nSPS) is 29.1. The number of amides is 2. The zero-order valence-electron chi connectivity index (χ0n) is 10.9. The highest BCUT2D eigenvalue weighted by Crippen LogP contribution is 2.36. The summed E-state index contributed by atoms with van der Waals surface area (Å²) in [5, 5.41) is 18.6. The summed E-state index contributed by atoms with van der Waals surface area (Å²) in [7, 11) is 0. The van der Waals surface area contributed by atoms with Crippen molar-refractivity contribution in [1.82, 2.24) is 9.80 Å². The van der Waals surface area contributed by atoms with E-state index in [9.17, 15) is 14.7 Å². The molecule has 0 saturated carbocycles. The number of hydrogen-bond acceptors (Lipinski definition) is 3. The molecular formula is C13H20N2O4. The molecule has 19 heavy (non-hydrogen) atoms. The van der Waals surface area contributed by atoms with E-state index in [1.165, 1.54) is 11.0 Å². The first kappa shape index (κ1) is 13.9. The number of carbonyl (C=O) groups excluding carboxylic acids is 1. The van der Waals surface area contributed by atoms with Crippen molar-refractivity contribution in [1.29, 1.82) is 0 Å². The summed E-state index contributed by atoms with van der Waals surface area (Å²) >= 11 is 0. The molecule has 2 bridgehead atoms. The van der Waals surface area contributed by atoms with Gasteiger partial charge in [0.05, 0.1) is 6.10 Å². The highest BCUT2D eigenvalue weighted by Gasteiger charge is 2.44. The smallest absolute Gasteiger partial charge is 0.323 e. The van der Waals surface area contributed by atoms with Crippen molar-refractivity contribution in [3.63, 3.8) is 0 Å². The van der Waals surface area contributed by atoms with Crippen molar-refractivity contribution in [3.05, 3.63) is 12.7 Å². The Balaban J connectivity index is 2.09. The summed E-state index contributed by atoms with van der Waals surface area (Å²) < 4.78 is 0. The van der Waals surface area contributed by atoms with Gasteiger partial charge in [0.2, 0.25) is 0 Å². The molecule has 0 radical (unpaired) electrons. The minimum atomic E-state index is -1.03. The Morgan fingerprint density at radius 2 is 1.89 bits per heavy atom. The lowest BCUT2D eigenvalue weighted by molar-refractivity contribution is -0.137. The molecule has 2 rings (SSSR count). The average Bonchev–Trinajstić information content (AvgIpc) is 2.60. The third-order valence-electron chi connectivity index (χ3n) is 3.88. The summed E-state index contributed by atoms with van der Waals surface area (Å²) in [6.07, 6.45) is 4.16. The summed E-state index contributed by atoms with van der Waals surface area (Å²) in [5.74, 6) is -1.03. The summed E-state index contributed by atoms with van der Waals surface area (Å²) in [6, 6.07) is -0.161. The molecule has 2 aliphatic rings. The van der Waals surface area contributed by atoms with Crippen LogP contribution in [-0.4, -0.2) is 63.3 Å². The third kappa shape index (κ3) is 2.89. The molecule has 0 aromatic rings. The average molecular weight is 268 g/mol. The summed E-state index contributed by atoms with van der Waals surface area (Å²) in [4.78, 5) is 26.3. The van der Waals surface area contributed by atoms with Crippen molar-refractivity contribution in [2.24, 2.45) is 0 Å². The highest BCUT2D eigenvalue weighted by atomic mass is 16.4. The van der Waals surface area contributed by atoms with Crippen molar-refractivity contribution < 1.29 is 19.8 Å². The minimum Gasteiger partial charge on any atom is -0.480 e. The van der Waals surface area contributed by atoms with E-state index < -0.39 is 5.97 Å². The van der Waals surface area contributed by atoms with Crippen LogP contribution in [0.4, 0.5) is 4.79 Å². The van der Waals surface area contributed by atoms with Crippen molar-refractivity contribution >= 4 is 12.0 Å². The highest BCUT2D eigenvalue weighted by molar-refractivity contribution is 5.81. The number of rotatable bonds is 4. The maximum absolute atomic E-state index is 12.5. The number of nitrogens with zero attached hydrogens (tertiary/aromatic N) is 2. The molecule has 2 unspecified atom stereocenters. The largest absolute Gasteiger partial charge is 0.480 e. The lowest BCUT2D eigenvalue weighted by Gasteiger charge is -2.39. The van der Waals surface area contributed by atoms with E-state index in [4.69, 9.17) is 5.11 Å². The molecule has 6 nitrogen and oxygen atoms in total. The molecule has 0 aliphatic carbocycles. The second-order valence-corrected chi connectivity index (χ2v) is 5.26. The van der Waals surface area contributed by atoms with Gasteiger partial charge in [-0.05, 0) is 25.7 Å². The van der Waals surface area contributed by atoms with E-state index in [-0.39, 0.29) is 37.3 Å². The molecular weight excluding hydrogens is 248 g/mol. The number of carboxylic acid groups (broad SMARTS) is 1. The first-order chi connectivity index (χ1) is 9.02. The minimum absolute atomic E-state index is 0.0439. The fraction of sp³-hybridized carbons (Fsp3) is 0.692. The number of aliphatic carboxylic acids is 1. The summed E-state index contributed by atoms with van der Waals surface area (Å²) in [6.45, 7) is 3.47. The Morgan fingerprint density at radius 1 is 1.32 bits per heavy atom.